The van der Waals surface area contributed by atoms with E-state index in [0.29, 0.717) is 24.0 Å². The predicted molar refractivity (Wildman–Crippen MR) is 86.4 cm³/mol. The van der Waals surface area contributed by atoms with Crippen LogP contribution in [-0.4, -0.2) is 35.5 Å². The van der Waals surface area contributed by atoms with Crippen molar-refractivity contribution >= 4 is 27.8 Å². The Bertz CT molecular complexity index is 653. The first-order valence-electron chi connectivity index (χ1n) is 7.93. The first-order valence-corrected chi connectivity index (χ1v) is 9.13. The lowest BCUT2D eigenvalue weighted by Gasteiger charge is -2.34. The van der Waals surface area contributed by atoms with E-state index >= 15 is 0 Å². The van der Waals surface area contributed by atoms with Crippen LogP contribution in [0.15, 0.2) is 17.5 Å². The van der Waals surface area contributed by atoms with Gasteiger partial charge in [-0.05, 0) is 37.6 Å². The van der Waals surface area contributed by atoms with Crippen LogP contribution in [0.25, 0.3) is 0 Å². The predicted octanol–water partition coefficient (Wildman–Crippen LogP) is 3.45. The number of anilines is 1. The lowest BCUT2D eigenvalue weighted by Crippen LogP contribution is -2.41. The molecule has 1 saturated carbocycles. The van der Waals surface area contributed by atoms with E-state index in [4.69, 9.17) is 6.11 Å². The first kappa shape index (κ1) is 12.6. The molecule has 0 spiro atoms. The van der Waals surface area contributed by atoms with Crippen LogP contribution in [-0.2, 0) is 4.74 Å². The van der Waals surface area contributed by atoms with Crippen LogP contribution in [0.4, 0.5) is 5.13 Å². The number of rotatable bonds is 4. The van der Waals surface area contributed by atoms with Crippen molar-refractivity contribution in [3.8, 4) is 0 Å². The minimum Gasteiger partial charge on any atom is -0.381 e. The summed E-state index contributed by atoms with van der Waals surface area (Å²) in [6.07, 6.45) is 3.29. The third kappa shape index (κ3) is 2.72. The van der Waals surface area contributed by atoms with Gasteiger partial charge in [0.05, 0.1) is 1.37 Å². The van der Waals surface area contributed by atoms with Crippen molar-refractivity contribution in [3.63, 3.8) is 0 Å². The van der Waals surface area contributed by atoms with Gasteiger partial charge in [-0.1, -0.05) is 17.4 Å². The lowest BCUT2D eigenvalue weighted by molar-refractivity contribution is 0.0840. The summed E-state index contributed by atoms with van der Waals surface area (Å²) in [5.41, 5.74) is 0. The van der Waals surface area contributed by atoms with Gasteiger partial charge in [-0.2, -0.15) is 0 Å². The fourth-order valence-corrected chi connectivity index (χ4v) is 4.82. The van der Waals surface area contributed by atoms with Crippen molar-refractivity contribution in [1.29, 1.82) is 0 Å². The highest BCUT2D eigenvalue weighted by molar-refractivity contribution is 7.15. The van der Waals surface area contributed by atoms with Crippen LogP contribution in [0.5, 0.6) is 0 Å². The van der Waals surface area contributed by atoms with E-state index < -0.39 is 0 Å². The Hall–Kier alpha value is -0.980. The number of aromatic nitrogens is 2. The molecule has 0 radical (unpaired) electrons. The molecular weight excluding hydrogens is 302 g/mol. The fraction of sp³-hybridized carbons (Fsp3) is 0.600. The molecule has 0 bridgehead atoms. The Morgan fingerprint density at radius 3 is 2.90 bits per heavy atom. The highest BCUT2D eigenvalue weighted by Gasteiger charge is 2.47. The molecule has 21 heavy (non-hydrogen) atoms. The molecule has 2 fully saturated rings. The molecule has 2 aromatic rings. The van der Waals surface area contributed by atoms with E-state index in [1.165, 1.54) is 4.88 Å². The van der Waals surface area contributed by atoms with Gasteiger partial charge in [0.1, 0.15) is 5.01 Å². The summed E-state index contributed by atoms with van der Waals surface area (Å²) < 4.78 is 13.3. The number of hydrogen-bond donors (Lipinski definition) is 0. The van der Waals surface area contributed by atoms with Crippen molar-refractivity contribution in [1.82, 2.24) is 10.2 Å². The van der Waals surface area contributed by atoms with Crippen LogP contribution in [0.1, 0.15) is 36.4 Å². The van der Waals surface area contributed by atoms with Gasteiger partial charge in [-0.25, -0.2) is 0 Å². The quantitative estimate of drug-likeness (QED) is 0.864. The molecule has 0 unspecified atom stereocenters. The maximum absolute atomic E-state index is 7.73. The summed E-state index contributed by atoms with van der Waals surface area (Å²) in [6, 6.07) is 3.66. The van der Waals surface area contributed by atoms with E-state index in [0.717, 1.165) is 42.6 Å². The summed E-state index contributed by atoms with van der Waals surface area (Å²) in [7, 11) is 0. The molecule has 6 heteroatoms. The van der Waals surface area contributed by atoms with Crippen molar-refractivity contribution in [2.75, 3.05) is 18.1 Å². The van der Waals surface area contributed by atoms with Gasteiger partial charge >= 0.3 is 0 Å². The molecule has 4 nitrogen and oxygen atoms in total. The maximum Gasteiger partial charge on any atom is 0.208 e. The molecule has 3 heterocycles. The lowest BCUT2D eigenvalue weighted by atomic mass is 10.1. The SMILES string of the molecule is [2H]c1csc([C@@H]2C[C@H]2N(c2nnc(C)s2)C2CCOCC2)c1. The van der Waals surface area contributed by atoms with Gasteiger partial charge in [-0.15, -0.1) is 21.5 Å². The number of thiophene rings is 1. The van der Waals surface area contributed by atoms with Gasteiger partial charge < -0.3 is 9.64 Å². The van der Waals surface area contributed by atoms with E-state index in [9.17, 15) is 0 Å². The van der Waals surface area contributed by atoms with Crippen LogP contribution >= 0.6 is 22.7 Å². The summed E-state index contributed by atoms with van der Waals surface area (Å²) in [5, 5.41) is 12.6. The Kier molecular flexibility index (Phi) is 3.39. The average Bonchev–Trinajstić information content (AvgIpc) is 2.97. The summed E-state index contributed by atoms with van der Waals surface area (Å²) in [6.45, 7) is 3.69. The monoisotopic (exact) mass is 322 g/mol. The van der Waals surface area contributed by atoms with Crippen LogP contribution in [0.3, 0.4) is 0 Å². The van der Waals surface area contributed by atoms with E-state index in [1.807, 2.05) is 18.4 Å². The van der Waals surface area contributed by atoms with Gasteiger partial charge in [0, 0.05) is 36.1 Å². The second-order valence-corrected chi connectivity index (χ2v) is 7.82. The van der Waals surface area contributed by atoms with Crippen molar-refractivity contribution in [2.24, 2.45) is 0 Å². The molecule has 112 valence electrons. The highest BCUT2D eigenvalue weighted by Crippen LogP contribution is 2.49. The fourth-order valence-electron chi connectivity index (χ4n) is 3.16. The molecular formula is C15H19N3OS2. The zero-order valence-electron chi connectivity index (χ0n) is 13.0. The second kappa shape index (κ2) is 5.66. The number of hydrogen-bond acceptors (Lipinski definition) is 6. The topological polar surface area (TPSA) is 38.2 Å². The van der Waals surface area contributed by atoms with E-state index in [1.54, 1.807) is 22.7 Å². The zero-order valence-corrected chi connectivity index (χ0v) is 13.6. The van der Waals surface area contributed by atoms with E-state index in [-0.39, 0.29) is 0 Å². The second-order valence-electron chi connectivity index (χ2n) is 5.71. The average molecular weight is 322 g/mol. The Morgan fingerprint density at radius 2 is 2.24 bits per heavy atom. The molecule has 0 aromatic carbocycles. The molecule has 1 aliphatic carbocycles. The summed E-state index contributed by atoms with van der Waals surface area (Å²) in [4.78, 5) is 3.84. The Labute approximate surface area is 134 Å². The highest BCUT2D eigenvalue weighted by atomic mass is 32.1. The maximum atomic E-state index is 7.73. The minimum atomic E-state index is 0.506. The molecule has 4 rings (SSSR count). The van der Waals surface area contributed by atoms with Gasteiger partial charge in [0.15, 0.2) is 0 Å². The smallest absolute Gasteiger partial charge is 0.208 e. The zero-order chi connectivity index (χ0) is 15.1. The molecule has 0 amide bonds. The molecule has 0 N–H and O–H groups in total. The normalized spacial score (nSPS) is 26.6. The molecule has 2 aromatic heterocycles. The van der Waals surface area contributed by atoms with Crippen molar-refractivity contribution in [3.05, 3.63) is 27.4 Å². The van der Waals surface area contributed by atoms with Gasteiger partial charge in [-0.3, -0.25) is 0 Å². The number of ether oxygens (including phenoxy) is 1. The Morgan fingerprint density at radius 1 is 1.38 bits per heavy atom. The molecule has 1 saturated heterocycles. The summed E-state index contributed by atoms with van der Waals surface area (Å²) in [5.74, 6) is 0.552. The third-order valence-corrected chi connectivity index (χ3v) is 6.09. The molecule has 2 aliphatic rings. The number of nitrogens with zero attached hydrogens (tertiary/aromatic N) is 3. The minimum absolute atomic E-state index is 0.506. The van der Waals surface area contributed by atoms with Gasteiger partial charge in [0.25, 0.3) is 0 Å². The van der Waals surface area contributed by atoms with E-state index in [2.05, 4.69) is 15.1 Å². The van der Waals surface area contributed by atoms with Crippen molar-refractivity contribution in [2.45, 2.75) is 44.2 Å². The van der Waals surface area contributed by atoms with Crippen LogP contribution < -0.4 is 4.90 Å². The first-order chi connectivity index (χ1) is 10.7. The Balaban J connectivity index is 1.58. The standard InChI is InChI=1S/C15H19N3OS2/c1-10-16-17-15(21-10)18(11-4-6-19-7-5-11)13-9-12(13)14-3-2-8-20-14/h2-3,8,11-13H,4-7,9H2,1H3/t12-,13-/m1/s1/i2D. The van der Waals surface area contributed by atoms with Gasteiger partial charge in [0.2, 0.25) is 5.13 Å². The van der Waals surface area contributed by atoms with Crippen LogP contribution in [0, 0.1) is 6.92 Å². The van der Waals surface area contributed by atoms with Crippen LogP contribution in [0.2, 0.25) is 0 Å². The molecule has 2 atom stereocenters. The largest absolute Gasteiger partial charge is 0.381 e. The third-order valence-electron chi connectivity index (χ3n) is 4.29. The van der Waals surface area contributed by atoms with Crippen molar-refractivity contribution < 1.29 is 6.11 Å². The number of aryl methyl sites for hydroxylation is 1. The molecule has 1 aliphatic heterocycles. The summed E-state index contributed by atoms with van der Waals surface area (Å²) >= 11 is 3.41.